The molecule has 7 rings (SSSR count). The van der Waals surface area contributed by atoms with Crippen molar-refractivity contribution in [2.45, 2.75) is 23.6 Å². The maximum Gasteiger partial charge on any atom is 0.329 e. The molecule has 7 aromatic carbocycles. The zero-order chi connectivity index (χ0) is 45.5. The van der Waals surface area contributed by atoms with Gasteiger partial charge in [0.2, 0.25) is 5.91 Å². The van der Waals surface area contributed by atoms with E-state index in [1.807, 2.05) is 103 Å². The first kappa shape index (κ1) is 45.9. The van der Waals surface area contributed by atoms with E-state index in [1.165, 1.54) is 13.2 Å². The van der Waals surface area contributed by atoms with E-state index in [9.17, 15) is 24.6 Å². The van der Waals surface area contributed by atoms with E-state index in [2.05, 4.69) is 54.9 Å². The van der Waals surface area contributed by atoms with Gasteiger partial charge in [-0.1, -0.05) is 140 Å². The minimum atomic E-state index is -0.974. The fourth-order valence-corrected chi connectivity index (χ4v) is 9.12. The highest BCUT2D eigenvalue weighted by molar-refractivity contribution is 8.00. The van der Waals surface area contributed by atoms with Crippen molar-refractivity contribution in [2.75, 3.05) is 12.9 Å². The Kier molecular flexibility index (Phi) is 15.7. The monoisotopic (exact) mass is 867 g/mol. The number of amides is 1. The molecule has 0 spiro atoms. The molecule has 1 amide bonds. The number of carbonyl (C=O) groups is 3. The number of thioether (sulfide) groups is 1. The smallest absolute Gasteiger partial charge is 0.329 e. The Morgan fingerprint density at radius 2 is 1.08 bits per heavy atom. The van der Waals surface area contributed by atoms with Crippen molar-refractivity contribution < 1.29 is 34.4 Å². The van der Waals surface area contributed by atoms with Crippen molar-refractivity contribution in [1.29, 1.82) is 0 Å². The predicted octanol–water partition coefficient (Wildman–Crippen LogP) is 11.0. The van der Waals surface area contributed by atoms with E-state index in [4.69, 9.17) is 9.84 Å². The normalized spacial score (nSPS) is 11.8. The molecule has 0 aliphatic rings. The van der Waals surface area contributed by atoms with Gasteiger partial charge < -0.3 is 25.4 Å². The van der Waals surface area contributed by atoms with Gasteiger partial charge >= 0.3 is 11.9 Å². The Labute approximate surface area is 377 Å². The largest absolute Gasteiger partial charge is 0.508 e. The van der Waals surface area contributed by atoms with Gasteiger partial charge in [0.05, 0.1) is 11.9 Å². The van der Waals surface area contributed by atoms with Gasteiger partial charge in [-0.15, -0.1) is 24.9 Å². The number of hydrogen-bond acceptors (Lipinski definition) is 7. The molecule has 4 N–H and O–H groups in total. The first-order chi connectivity index (χ1) is 31.1. The molecular weight excluding hydrogens is 819 g/mol. The van der Waals surface area contributed by atoms with E-state index in [-0.39, 0.29) is 17.3 Å². The molecule has 0 heterocycles. The van der Waals surface area contributed by atoms with Crippen LogP contribution in [0.4, 0.5) is 0 Å². The van der Waals surface area contributed by atoms with Gasteiger partial charge in [0, 0.05) is 29.0 Å². The highest BCUT2D eigenvalue weighted by atomic mass is 32.2. The van der Waals surface area contributed by atoms with Crippen molar-refractivity contribution in [3.63, 3.8) is 0 Å². The number of rotatable bonds is 16. The molecule has 9 heteroatoms. The average Bonchev–Trinajstić information content (AvgIpc) is 3.32. The van der Waals surface area contributed by atoms with Crippen molar-refractivity contribution in [2.24, 2.45) is 0 Å². The number of nitrogens with one attached hydrogen (secondary N) is 1. The average molecular weight is 868 g/mol. The summed E-state index contributed by atoms with van der Waals surface area (Å²) in [5.41, 5.74) is 6.45. The lowest BCUT2D eigenvalue weighted by molar-refractivity contribution is -0.143. The van der Waals surface area contributed by atoms with Crippen molar-refractivity contribution >= 4 is 63.3 Å². The maximum absolute atomic E-state index is 13.2. The topological polar surface area (TPSA) is 133 Å². The molecule has 1 atom stereocenters. The molecular formula is C55H49NO7S. The first-order valence-electron chi connectivity index (χ1n) is 20.6. The van der Waals surface area contributed by atoms with Gasteiger partial charge in [0.15, 0.2) is 0 Å². The lowest BCUT2D eigenvalue weighted by Crippen LogP contribution is -2.43. The molecule has 7 aromatic rings. The van der Waals surface area contributed by atoms with Crippen LogP contribution in [0.25, 0.3) is 33.7 Å². The molecule has 0 unspecified atom stereocenters. The van der Waals surface area contributed by atoms with Crippen LogP contribution in [0, 0.1) is 0 Å². The van der Waals surface area contributed by atoms with Crippen LogP contribution >= 0.6 is 11.8 Å². The van der Waals surface area contributed by atoms with Crippen LogP contribution in [0.5, 0.6) is 11.5 Å². The molecule has 0 aliphatic heterocycles. The molecule has 0 saturated carbocycles. The molecule has 0 bridgehead atoms. The number of carbonyl (C=O) groups excluding carboxylic acids is 2. The fraction of sp³-hybridized carbons (Fsp3) is 0.109. The van der Waals surface area contributed by atoms with Crippen LogP contribution < -0.4 is 5.32 Å². The third-order valence-corrected chi connectivity index (χ3v) is 12.3. The summed E-state index contributed by atoms with van der Waals surface area (Å²) in [5, 5.41) is 35.4. The van der Waals surface area contributed by atoms with Gasteiger partial charge in [0.1, 0.15) is 17.5 Å². The molecule has 0 aromatic heterocycles. The summed E-state index contributed by atoms with van der Waals surface area (Å²) in [6, 6.07) is 48.0. The number of aliphatic carboxylic acids is 1. The number of allylic oxidation sites excluding steroid dienone is 2. The summed E-state index contributed by atoms with van der Waals surface area (Å²) >= 11 is 1.58. The van der Waals surface area contributed by atoms with E-state index >= 15 is 0 Å². The molecule has 0 aliphatic carbocycles. The molecule has 8 nitrogen and oxygen atoms in total. The lowest BCUT2D eigenvalue weighted by Gasteiger charge is -2.36. The van der Waals surface area contributed by atoms with Gasteiger partial charge in [-0.2, -0.15) is 0 Å². The van der Waals surface area contributed by atoms with Gasteiger partial charge in [-0.25, -0.2) is 9.59 Å². The Bertz CT molecular complexity index is 2720. The highest BCUT2D eigenvalue weighted by Crippen LogP contribution is 2.48. The SMILES string of the molecule is C=CCc1c(O)ccc2cc(/C=C/C(=O)N[C@H](CSC(c3ccccc3)(c3ccccc3)c3ccccc3)C(=O)OC)ccc12.C=CCc1c(O)ccc2cc(/C=C/C(=O)O)ccc12. The minimum Gasteiger partial charge on any atom is -0.508 e. The number of methoxy groups -OCH3 is 1. The number of esters is 1. The Morgan fingerprint density at radius 1 is 0.641 bits per heavy atom. The van der Waals surface area contributed by atoms with Crippen LogP contribution in [0.15, 0.2) is 189 Å². The summed E-state index contributed by atoms with van der Waals surface area (Å²) in [7, 11) is 1.33. The van der Waals surface area contributed by atoms with Crippen molar-refractivity contribution in [1.82, 2.24) is 5.32 Å². The van der Waals surface area contributed by atoms with E-state index < -0.39 is 28.6 Å². The summed E-state index contributed by atoms with van der Waals surface area (Å²) in [6.45, 7) is 7.47. The molecule has 0 radical (unpaired) electrons. The number of ether oxygens (including phenoxy) is 1. The Morgan fingerprint density at radius 3 is 1.48 bits per heavy atom. The number of hydrogen-bond donors (Lipinski definition) is 4. The number of carboxylic acids is 1. The van der Waals surface area contributed by atoms with E-state index in [0.717, 1.165) is 66.6 Å². The number of phenolic OH excluding ortho intramolecular Hbond substituents is 2. The number of benzene rings is 7. The van der Waals surface area contributed by atoms with E-state index in [0.29, 0.717) is 12.8 Å². The van der Waals surface area contributed by atoms with Crippen molar-refractivity contribution in [3.05, 3.63) is 228 Å². The second-order valence-corrected chi connectivity index (χ2v) is 16.0. The second-order valence-electron chi connectivity index (χ2n) is 14.8. The summed E-state index contributed by atoms with van der Waals surface area (Å²) in [4.78, 5) is 36.7. The Balaban J connectivity index is 0.000000298. The Hall–Kier alpha value is -7.62. The quantitative estimate of drug-likeness (QED) is 0.0327. The van der Waals surface area contributed by atoms with Gasteiger partial charge in [-0.3, -0.25) is 4.79 Å². The summed E-state index contributed by atoms with van der Waals surface area (Å²) < 4.78 is 4.48. The van der Waals surface area contributed by atoms with Crippen LogP contribution in [-0.4, -0.2) is 52.1 Å². The molecule has 64 heavy (non-hydrogen) atoms. The second kappa shape index (κ2) is 21.9. The lowest BCUT2D eigenvalue weighted by atomic mass is 9.84. The summed E-state index contributed by atoms with van der Waals surface area (Å²) in [5.74, 6) is -1.16. The third kappa shape index (κ3) is 11.1. The fourth-order valence-electron chi connectivity index (χ4n) is 7.57. The van der Waals surface area contributed by atoms with Crippen LogP contribution in [0.1, 0.15) is 38.9 Å². The zero-order valence-electron chi connectivity index (χ0n) is 35.4. The van der Waals surface area contributed by atoms with Crippen LogP contribution in [0.2, 0.25) is 0 Å². The minimum absolute atomic E-state index is 0.229. The molecule has 0 fully saturated rings. The van der Waals surface area contributed by atoms with Gasteiger partial charge in [0.25, 0.3) is 0 Å². The number of carboxylic acid groups (broad SMARTS) is 1. The number of fused-ring (bicyclic) bond motifs is 2. The van der Waals surface area contributed by atoms with E-state index in [1.54, 1.807) is 48.2 Å². The van der Waals surface area contributed by atoms with Crippen molar-refractivity contribution in [3.8, 4) is 11.5 Å². The highest BCUT2D eigenvalue weighted by Gasteiger charge is 2.38. The number of phenols is 2. The predicted molar refractivity (Wildman–Crippen MR) is 260 cm³/mol. The number of aromatic hydroxyl groups is 2. The third-order valence-electron chi connectivity index (χ3n) is 10.6. The van der Waals surface area contributed by atoms with Gasteiger partial charge in [-0.05, 0) is 98.6 Å². The molecule has 322 valence electrons. The summed E-state index contributed by atoms with van der Waals surface area (Å²) in [6.07, 6.45) is 10.4. The zero-order valence-corrected chi connectivity index (χ0v) is 36.2. The van der Waals surface area contributed by atoms with Crippen LogP contribution in [-0.2, 0) is 36.7 Å². The van der Waals surface area contributed by atoms with Crippen LogP contribution in [0.3, 0.4) is 0 Å². The maximum atomic E-state index is 13.2. The molecule has 0 saturated heterocycles. The first-order valence-corrected chi connectivity index (χ1v) is 21.6. The standard InChI is InChI=1S/C39H35NO4S.C16H14O3/c1-3-13-34-33-23-20-28(26-29(33)22-24-36(34)41)21-25-37(42)40-35(38(43)44-2)27-45-39(30-14-7-4-8-15-30,31-16-9-5-10-17-31)32-18-11-6-12-19-32;1-2-3-14-13-7-4-11(5-9-16(18)19)10-12(13)6-8-15(14)17/h3-12,14-26,35,41H,1,13,27H2,2H3,(H,40,42);2,4-10,17H,1,3H2,(H,18,19)/b25-21+;9-5+/t35-;/m1./s1.